The summed E-state index contributed by atoms with van der Waals surface area (Å²) in [5.41, 5.74) is 5.58. The van der Waals surface area contributed by atoms with Crippen molar-refractivity contribution in [3.63, 3.8) is 0 Å². The number of hydrogen-bond donors (Lipinski definition) is 3. The molecule has 0 aromatic carbocycles. The van der Waals surface area contributed by atoms with Crippen LogP contribution >= 0.6 is 0 Å². The Morgan fingerprint density at radius 3 is 2.65 bits per heavy atom. The Hall–Kier alpha value is -1.18. The van der Waals surface area contributed by atoms with Crippen LogP contribution in [-0.4, -0.2) is 55.5 Å². The van der Waals surface area contributed by atoms with E-state index in [4.69, 9.17) is 5.73 Å². The van der Waals surface area contributed by atoms with Crippen molar-refractivity contribution in [2.24, 2.45) is 5.73 Å². The van der Waals surface area contributed by atoms with Crippen LogP contribution in [0.25, 0.3) is 0 Å². The van der Waals surface area contributed by atoms with Gasteiger partial charge in [-0.25, -0.2) is 0 Å². The smallest absolute Gasteiger partial charge is 0.322 e. The van der Waals surface area contributed by atoms with Crippen LogP contribution in [0.4, 0.5) is 0 Å². The van der Waals surface area contributed by atoms with Gasteiger partial charge in [-0.1, -0.05) is 0 Å². The summed E-state index contributed by atoms with van der Waals surface area (Å²) in [6.07, 6.45) is -0.262. The van der Waals surface area contributed by atoms with Gasteiger partial charge in [0.25, 0.3) is 0 Å². The summed E-state index contributed by atoms with van der Waals surface area (Å²) in [5, 5.41) is 12.6. The molecule has 4 atom stereocenters. The number of ether oxygens (including phenoxy) is 2. The highest BCUT2D eigenvalue weighted by Gasteiger charge is 2.38. The first-order chi connectivity index (χ1) is 7.99. The first-order valence-corrected chi connectivity index (χ1v) is 5.35. The zero-order valence-electron chi connectivity index (χ0n) is 9.88. The fraction of sp³-hybridized carbons (Fsp3) is 0.800. The van der Waals surface area contributed by atoms with Crippen molar-refractivity contribution in [2.75, 3.05) is 14.2 Å². The van der Waals surface area contributed by atoms with Crippen molar-refractivity contribution >= 4 is 11.9 Å². The highest BCUT2D eigenvalue weighted by atomic mass is 16.5. The Labute approximate surface area is 99.3 Å². The molecule has 0 spiro atoms. The Kier molecular flexibility index (Phi) is 4.86. The summed E-state index contributed by atoms with van der Waals surface area (Å²) in [7, 11) is 2.53. The molecule has 1 fully saturated rings. The van der Waals surface area contributed by atoms with Crippen molar-refractivity contribution in [1.82, 2.24) is 5.32 Å². The predicted octanol–water partition coefficient (Wildman–Crippen LogP) is -1.86. The van der Waals surface area contributed by atoms with E-state index in [9.17, 15) is 14.7 Å². The minimum absolute atomic E-state index is 0.210. The number of aliphatic hydroxyl groups is 1. The summed E-state index contributed by atoms with van der Waals surface area (Å²) < 4.78 is 9.06. The number of esters is 2. The Bertz CT molecular complexity index is 296. The van der Waals surface area contributed by atoms with Crippen LogP contribution in [0.3, 0.4) is 0 Å². The molecule has 1 heterocycles. The van der Waals surface area contributed by atoms with Crippen LogP contribution in [0.2, 0.25) is 0 Å². The van der Waals surface area contributed by atoms with Gasteiger partial charge in [0.15, 0.2) is 0 Å². The van der Waals surface area contributed by atoms with Gasteiger partial charge in [-0.15, -0.1) is 0 Å². The molecular weight excluding hydrogens is 228 g/mol. The summed E-state index contributed by atoms with van der Waals surface area (Å²) in [6.45, 7) is 0. The second-order valence-corrected chi connectivity index (χ2v) is 4.02. The van der Waals surface area contributed by atoms with Gasteiger partial charge in [-0.05, 0) is 6.42 Å². The third-order valence-corrected chi connectivity index (χ3v) is 2.85. The normalized spacial score (nSPS) is 29.8. The predicted molar refractivity (Wildman–Crippen MR) is 58.0 cm³/mol. The van der Waals surface area contributed by atoms with E-state index in [2.05, 4.69) is 14.8 Å². The quantitative estimate of drug-likeness (QED) is 0.499. The van der Waals surface area contributed by atoms with E-state index < -0.39 is 36.2 Å². The lowest BCUT2D eigenvalue weighted by molar-refractivity contribution is -0.143. The maximum absolute atomic E-state index is 11.3. The number of hydrogen-bond acceptors (Lipinski definition) is 7. The van der Waals surface area contributed by atoms with E-state index in [1.165, 1.54) is 14.2 Å². The molecular formula is C10H18N2O5. The van der Waals surface area contributed by atoms with Gasteiger partial charge in [0.05, 0.1) is 20.3 Å². The van der Waals surface area contributed by atoms with Crippen molar-refractivity contribution in [3.05, 3.63) is 0 Å². The molecule has 0 radical (unpaired) electrons. The monoisotopic (exact) mass is 246 g/mol. The molecule has 1 rings (SSSR count). The van der Waals surface area contributed by atoms with Gasteiger partial charge >= 0.3 is 11.9 Å². The van der Waals surface area contributed by atoms with Crippen LogP contribution in [0.5, 0.6) is 0 Å². The number of aliphatic hydroxyl groups excluding tert-OH is 1. The summed E-state index contributed by atoms with van der Waals surface area (Å²) in [6, 6.07) is -1.78. The van der Waals surface area contributed by atoms with E-state index in [1.54, 1.807) is 0 Å². The van der Waals surface area contributed by atoms with E-state index in [-0.39, 0.29) is 12.8 Å². The molecule has 1 saturated heterocycles. The van der Waals surface area contributed by atoms with Gasteiger partial charge < -0.3 is 20.3 Å². The third kappa shape index (κ3) is 3.39. The minimum Gasteiger partial charge on any atom is -0.468 e. The third-order valence-electron chi connectivity index (χ3n) is 2.85. The van der Waals surface area contributed by atoms with E-state index in [1.807, 2.05) is 0 Å². The fourth-order valence-corrected chi connectivity index (χ4v) is 1.90. The molecule has 4 N–H and O–H groups in total. The average Bonchev–Trinajstić information content (AvgIpc) is 2.68. The highest BCUT2D eigenvalue weighted by Crippen LogP contribution is 2.18. The van der Waals surface area contributed by atoms with E-state index in [0.29, 0.717) is 0 Å². The molecule has 7 heteroatoms. The topological polar surface area (TPSA) is 111 Å². The molecule has 0 bridgehead atoms. The molecule has 0 aliphatic carbocycles. The lowest BCUT2D eigenvalue weighted by atomic mass is 10.0. The van der Waals surface area contributed by atoms with Crippen LogP contribution in [0, 0.1) is 0 Å². The largest absolute Gasteiger partial charge is 0.468 e. The number of nitrogens with one attached hydrogen (secondary N) is 1. The van der Waals surface area contributed by atoms with Crippen LogP contribution < -0.4 is 11.1 Å². The maximum Gasteiger partial charge on any atom is 0.322 e. The first-order valence-electron chi connectivity index (χ1n) is 5.35. The van der Waals surface area contributed by atoms with Gasteiger partial charge in [0, 0.05) is 12.5 Å². The highest BCUT2D eigenvalue weighted by molar-refractivity contribution is 5.77. The molecule has 0 aromatic rings. The van der Waals surface area contributed by atoms with Gasteiger partial charge in [0.1, 0.15) is 12.1 Å². The Morgan fingerprint density at radius 2 is 2.12 bits per heavy atom. The summed E-state index contributed by atoms with van der Waals surface area (Å²) in [5.74, 6) is -0.973. The Balaban J connectivity index is 2.51. The van der Waals surface area contributed by atoms with Crippen molar-refractivity contribution in [1.29, 1.82) is 0 Å². The van der Waals surface area contributed by atoms with E-state index in [0.717, 1.165) is 0 Å². The average molecular weight is 246 g/mol. The van der Waals surface area contributed by atoms with Crippen molar-refractivity contribution in [3.8, 4) is 0 Å². The van der Waals surface area contributed by atoms with Gasteiger partial charge in [-0.3, -0.25) is 14.9 Å². The molecule has 1 aliphatic rings. The molecule has 17 heavy (non-hydrogen) atoms. The molecule has 1 aliphatic heterocycles. The molecule has 7 nitrogen and oxygen atoms in total. The second kappa shape index (κ2) is 5.95. The number of carbonyl (C=O) groups is 2. The molecule has 0 amide bonds. The lowest BCUT2D eigenvalue weighted by Gasteiger charge is -2.18. The van der Waals surface area contributed by atoms with E-state index >= 15 is 0 Å². The van der Waals surface area contributed by atoms with Crippen molar-refractivity contribution < 1.29 is 24.2 Å². The van der Waals surface area contributed by atoms with Gasteiger partial charge in [-0.2, -0.15) is 0 Å². The molecule has 0 unspecified atom stereocenters. The van der Waals surface area contributed by atoms with Crippen LogP contribution in [0.1, 0.15) is 12.8 Å². The molecule has 0 aromatic heterocycles. The van der Waals surface area contributed by atoms with Crippen LogP contribution in [0.15, 0.2) is 0 Å². The fourth-order valence-electron chi connectivity index (χ4n) is 1.90. The zero-order valence-corrected chi connectivity index (χ0v) is 9.88. The first kappa shape index (κ1) is 13.9. The number of rotatable bonds is 4. The SMILES string of the molecule is COC(=O)[C@@H]1C[C@H](O)[C@H](C[C@H](N)C(=O)OC)N1. The van der Waals surface area contributed by atoms with Crippen LogP contribution in [-0.2, 0) is 19.1 Å². The number of carbonyl (C=O) groups excluding carboxylic acids is 2. The number of nitrogens with two attached hydrogens (primary N) is 1. The Morgan fingerprint density at radius 1 is 1.47 bits per heavy atom. The number of methoxy groups -OCH3 is 2. The minimum atomic E-state index is -0.816. The summed E-state index contributed by atoms with van der Waals surface area (Å²) in [4.78, 5) is 22.4. The zero-order chi connectivity index (χ0) is 13.0. The lowest BCUT2D eigenvalue weighted by Crippen LogP contribution is -2.44. The summed E-state index contributed by atoms with van der Waals surface area (Å²) >= 11 is 0. The van der Waals surface area contributed by atoms with Gasteiger partial charge in [0.2, 0.25) is 0 Å². The molecule has 0 saturated carbocycles. The second-order valence-electron chi connectivity index (χ2n) is 4.02. The standard InChI is InChI=1S/C10H18N2O5/c1-16-9(14)5(11)3-6-8(13)4-7(12-6)10(15)17-2/h5-8,12-13H,3-4,11H2,1-2H3/t5-,6-,7-,8-/m0/s1. The maximum atomic E-state index is 11.3. The molecule has 98 valence electrons. The van der Waals surface area contributed by atoms with Crippen molar-refractivity contribution in [2.45, 2.75) is 37.1 Å².